The largest absolute Gasteiger partial charge is 0.543 e. The van der Waals surface area contributed by atoms with Crippen molar-refractivity contribution in [1.29, 1.82) is 0 Å². The van der Waals surface area contributed by atoms with Crippen LogP contribution in [0, 0.1) is 0 Å². The van der Waals surface area contributed by atoms with Crippen LogP contribution >= 0.6 is 34.9 Å². The van der Waals surface area contributed by atoms with E-state index >= 15 is 0 Å². The number of nitrogens with zero attached hydrogens (tertiary/aromatic N) is 4. The van der Waals surface area contributed by atoms with E-state index in [9.17, 15) is 39.6 Å². The number of phenols is 2. The third-order valence-electron chi connectivity index (χ3n) is 6.65. The van der Waals surface area contributed by atoms with Crippen molar-refractivity contribution in [3.05, 3.63) is 70.3 Å². The van der Waals surface area contributed by atoms with Gasteiger partial charge in [-0.2, -0.15) is 15.8 Å². The van der Waals surface area contributed by atoms with E-state index in [2.05, 4.69) is 20.4 Å². The summed E-state index contributed by atoms with van der Waals surface area (Å²) in [6.07, 6.45) is 2.94. The number of hydrogen-bond donors (Lipinski definition) is 8. The van der Waals surface area contributed by atoms with Gasteiger partial charge in [-0.3, -0.25) is 14.5 Å². The molecule has 18 nitrogen and oxygen atoms in total. The second-order valence-corrected chi connectivity index (χ2v) is 12.8. The molecule has 4 heterocycles. The van der Waals surface area contributed by atoms with Gasteiger partial charge in [0, 0.05) is 22.4 Å². The first kappa shape index (κ1) is 33.3. The first-order valence-electron chi connectivity index (χ1n) is 13.2. The van der Waals surface area contributed by atoms with Gasteiger partial charge in [-0.1, -0.05) is 23.4 Å². The summed E-state index contributed by atoms with van der Waals surface area (Å²) < 4.78 is 0. The van der Waals surface area contributed by atoms with Gasteiger partial charge in [0.15, 0.2) is 34.4 Å². The van der Waals surface area contributed by atoms with Crippen molar-refractivity contribution >= 4 is 74.6 Å². The number of aromatic hydroxyl groups is 2. The number of nitrogen functional groups attached to an aromatic ring is 1. The van der Waals surface area contributed by atoms with Gasteiger partial charge in [0.2, 0.25) is 6.10 Å². The molecule has 0 spiro atoms. The number of nitrogens with two attached hydrogens (primary N) is 3. The number of aromatic nitrogens is 1. The summed E-state index contributed by atoms with van der Waals surface area (Å²) in [5.41, 5.74) is 10.6. The van der Waals surface area contributed by atoms with Crippen LogP contribution in [0.5, 0.6) is 11.5 Å². The molecule has 47 heavy (non-hydrogen) atoms. The summed E-state index contributed by atoms with van der Waals surface area (Å²) >= 11 is 3.44. The number of hydrogen-bond acceptors (Lipinski definition) is 17. The molecule has 3 aliphatic rings. The normalized spacial score (nSPS) is 21.6. The molecule has 0 radical (unpaired) electrons. The van der Waals surface area contributed by atoms with E-state index < -0.39 is 58.5 Å². The molecule has 246 valence electrons. The van der Waals surface area contributed by atoms with E-state index in [-0.39, 0.29) is 33.7 Å². The lowest BCUT2D eigenvalue weighted by Crippen LogP contribution is -3.14. The van der Waals surface area contributed by atoms with Crippen molar-refractivity contribution in [1.82, 2.24) is 15.2 Å². The second-order valence-electron chi connectivity index (χ2n) is 9.76. The number of oxime groups is 1. The standard InChI is InChI=1S/C26H25N9O9S3/c27-15-7-34(29)26(31-15)45-5-1-2-11-8-46-22-17(21(39)35(22)18(11)23(40)41)32-20(38)16(12-9-47-25(28)30-12)33-44-19(24(42)43)10-3-4-13(36)14(37)6-10/h1-4,6-7,9,17,19,22,36-37H,5,8,27,29H2,(H2,28,30)(H,32,38)(H,40,41)(H,42,43)/b2-1+,33-16-/t17-,19+,22-/m1/s1. The van der Waals surface area contributed by atoms with Gasteiger partial charge >= 0.3 is 5.97 Å². The fraction of sp³-hybridized carbons (Fsp3) is 0.192. The van der Waals surface area contributed by atoms with Crippen LogP contribution in [-0.2, 0) is 24.0 Å². The fourth-order valence-electron chi connectivity index (χ4n) is 4.50. The summed E-state index contributed by atoms with van der Waals surface area (Å²) in [6.45, 7) is 0. The Kier molecular flexibility index (Phi) is 9.72. The summed E-state index contributed by atoms with van der Waals surface area (Å²) in [6, 6.07) is 1.97. The number of amidine groups is 1. The Balaban J connectivity index is 1.31. The van der Waals surface area contributed by atoms with Gasteiger partial charge in [-0.05, 0) is 29.5 Å². The van der Waals surface area contributed by atoms with Crippen LogP contribution in [0.1, 0.15) is 17.4 Å². The highest BCUT2D eigenvalue weighted by Crippen LogP contribution is 2.40. The summed E-state index contributed by atoms with van der Waals surface area (Å²) in [5, 5.41) is 48.9. The van der Waals surface area contributed by atoms with Crippen molar-refractivity contribution < 1.29 is 49.5 Å². The van der Waals surface area contributed by atoms with Crippen molar-refractivity contribution in [2.75, 3.05) is 17.2 Å². The lowest BCUT2D eigenvalue weighted by atomic mass is 10.0. The lowest BCUT2D eigenvalue weighted by molar-refractivity contribution is -0.753. The molecule has 1 fully saturated rings. The number of rotatable bonds is 11. The minimum Gasteiger partial charge on any atom is -0.543 e. The molecule has 2 amide bonds. The Hall–Kier alpha value is -5.09. The fourth-order valence-corrected chi connectivity index (χ4v) is 7.11. The van der Waals surface area contributed by atoms with E-state index in [1.165, 1.54) is 41.2 Å². The molecule has 0 aliphatic carbocycles. The number of amides is 2. The van der Waals surface area contributed by atoms with Crippen LogP contribution in [-0.4, -0.2) is 82.8 Å². The smallest absolute Gasteiger partial charge is 0.352 e. The number of thioether (sulfide) groups is 2. The van der Waals surface area contributed by atoms with Crippen LogP contribution in [0.25, 0.3) is 0 Å². The molecule has 11 N–H and O–H groups in total. The van der Waals surface area contributed by atoms with Crippen LogP contribution in [0.2, 0.25) is 0 Å². The number of thiazole rings is 1. The van der Waals surface area contributed by atoms with Crippen LogP contribution in [0.15, 0.2) is 69.2 Å². The van der Waals surface area contributed by atoms with Crippen molar-refractivity contribution in [3.63, 3.8) is 0 Å². The average molecular weight is 704 g/mol. The number of fused-ring (bicyclic) bond motifs is 1. The Labute approximate surface area is 276 Å². The number of carboxylic acid groups (broad SMARTS) is 2. The maximum Gasteiger partial charge on any atom is 0.352 e. The summed E-state index contributed by atoms with van der Waals surface area (Å²) in [7, 11) is 0. The predicted molar refractivity (Wildman–Crippen MR) is 168 cm³/mol. The highest BCUT2D eigenvalue weighted by atomic mass is 32.2. The Morgan fingerprint density at radius 1 is 1.30 bits per heavy atom. The van der Waals surface area contributed by atoms with Gasteiger partial charge in [-0.15, -0.1) is 23.1 Å². The number of aliphatic carboxylic acids is 2. The first-order chi connectivity index (χ1) is 22.3. The molecule has 4 atom stereocenters. The van der Waals surface area contributed by atoms with E-state index in [0.717, 1.165) is 28.4 Å². The van der Waals surface area contributed by atoms with Crippen LogP contribution < -0.4 is 32.7 Å². The minimum absolute atomic E-state index is 0.0498. The maximum absolute atomic E-state index is 13.4. The van der Waals surface area contributed by atoms with Gasteiger partial charge in [-0.25, -0.2) is 9.78 Å². The first-order valence-corrected chi connectivity index (χ1v) is 16.1. The molecular formula is C26H25N9O9S3. The van der Waals surface area contributed by atoms with Gasteiger partial charge < -0.3 is 46.8 Å². The number of carboxylic acids is 2. The zero-order chi connectivity index (χ0) is 34.0. The second kappa shape index (κ2) is 13.7. The molecule has 21 heteroatoms. The molecular weight excluding hydrogens is 679 g/mol. The zero-order valence-electron chi connectivity index (χ0n) is 23.7. The maximum atomic E-state index is 13.4. The molecule has 0 saturated carbocycles. The molecule has 5 rings (SSSR count). The number of quaternary nitrogens is 1. The number of phenolic OH excluding ortho intramolecular Hbond substituents is 2. The van der Waals surface area contributed by atoms with Crippen molar-refractivity contribution in [2.45, 2.75) is 17.5 Å². The Morgan fingerprint density at radius 3 is 2.68 bits per heavy atom. The third-order valence-corrected chi connectivity index (χ3v) is 9.59. The number of benzene rings is 1. The molecule has 2 aromatic rings. The van der Waals surface area contributed by atoms with E-state index in [1.807, 2.05) is 0 Å². The molecule has 3 aliphatic heterocycles. The zero-order valence-corrected chi connectivity index (χ0v) is 26.2. The molecule has 1 unspecified atom stereocenters. The summed E-state index contributed by atoms with van der Waals surface area (Å²) in [4.78, 5) is 64.9. The number of β-lactam (4-membered cyclic amide) rings is 1. The van der Waals surface area contributed by atoms with E-state index in [1.54, 1.807) is 12.2 Å². The monoisotopic (exact) mass is 703 g/mol. The average Bonchev–Trinajstić information content (AvgIpc) is 3.59. The van der Waals surface area contributed by atoms with Crippen molar-refractivity contribution in [3.8, 4) is 11.5 Å². The van der Waals surface area contributed by atoms with Gasteiger partial charge in [0.05, 0.1) is 11.7 Å². The van der Waals surface area contributed by atoms with E-state index in [4.69, 9.17) is 22.1 Å². The van der Waals surface area contributed by atoms with Crippen LogP contribution in [0.4, 0.5) is 5.13 Å². The molecule has 1 aromatic heterocycles. The van der Waals surface area contributed by atoms with E-state index in [0.29, 0.717) is 21.5 Å². The number of carbonyl (C=O) groups excluding carboxylic acids is 3. The predicted octanol–water partition coefficient (Wildman–Crippen LogP) is -2.74. The molecule has 1 aromatic carbocycles. The van der Waals surface area contributed by atoms with Crippen molar-refractivity contribution in [2.24, 2.45) is 21.7 Å². The van der Waals surface area contributed by atoms with Gasteiger partial charge in [0.25, 0.3) is 17.0 Å². The molecule has 0 bridgehead atoms. The quantitative estimate of drug-likeness (QED) is 0.0387. The van der Waals surface area contributed by atoms with Gasteiger partial charge in [0.1, 0.15) is 17.1 Å². The van der Waals surface area contributed by atoms with Crippen LogP contribution in [0.3, 0.4) is 0 Å². The SMILES string of the molecule is NC1=C[NH+](N)C(SC/C=C/C2=C(C(=O)[O-])N3C(=O)[C@@H](NC(=O)/C(=N\O[C@H](C(=O)O)c4ccc(O)c(O)c4)c4csc(N)n4)[C@H]3SC2)=N1. The minimum atomic E-state index is -1.83. The number of allylic oxidation sites excluding steroid dienone is 1. The lowest BCUT2D eigenvalue weighted by Gasteiger charge is -2.50. The Morgan fingerprint density at radius 2 is 2.06 bits per heavy atom. The summed E-state index contributed by atoms with van der Waals surface area (Å²) in [5.74, 6) is 0.711. The number of aliphatic imine (C=N–C) groups is 1. The third kappa shape index (κ3) is 7.02. The highest BCUT2D eigenvalue weighted by Gasteiger charge is 2.53. The number of nitrogens with one attached hydrogen (secondary N) is 2. The molecule has 1 saturated heterocycles. The topological polar surface area (TPSA) is 297 Å². The number of anilines is 1. The highest BCUT2D eigenvalue weighted by molar-refractivity contribution is 8.13. The Bertz CT molecular complexity index is 1810. The number of carbonyl (C=O) groups is 4.